The summed E-state index contributed by atoms with van der Waals surface area (Å²) in [6, 6.07) is 8.29. The van der Waals surface area contributed by atoms with Gasteiger partial charge in [0.1, 0.15) is 0 Å². The Kier molecular flexibility index (Phi) is 3.85. The molecule has 7 nitrogen and oxygen atoms in total. The van der Waals surface area contributed by atoms with E-state index in [0.717, 1.165) is 5.69 Å². The van der Waals surface area contributed by atoms with Crippen LogP contribution in [0.15, 0.2) is 50.6 Å². The first-order valence-electron chi connectivity index (χ1n) is 8.57. The summed E-state index contributed by atoms with van der Waals surface area (Å²) in [6.45, 7) is 5.07. The summed E-state index contributed by atoms with van der Waals surface area (Å²) in [4.78, 5) is 11.8. The number of nitrogens with zero attached hydrogens (tertiary/aromatic N) is 3. The summed E-state index contributed by atoms with van der Waals surface area (Å²) in [5, 5.41) is 0. The molecule has 3 heterocycles. The van der Waals surface area contributed by atoms with Crippen LogP contribution in [0.4, 0.5) is 0 Å². The van der Waals surface area contributed by atoms with Gasteiger partial charge in [0, 0.05) is 38.1 Å². The minimum absolute atomic E-state index is 0.122. The first kappa shape index (κ1) is 17.1. The Morgan fingerprint density at radius 3 is 2.69 bits per heavy atom. The monoisotopic (exact) mass is 375 g/mol. The van der Waals surface area contributed by atoms with Crippen molar-refractivity contribution in [2.24, 2.45) is 13.0 Å². The molecule has 0 saturated carbocycles. The lowest BCUT2D eigenvalue weighted by Crippen LogP contribution is -2.43. The molecule has 2 aromatic heterocycles. The fourth-order valence-corrected chi connectivity index (χ4v) is 5.49. The molecule has 1 aromatic carbocycles. The number of rotatable bonds is 3. The lowest BCUT2D eigenvalue weighted by molar-refractivity contribution is 0.215. The van der Waals surface area contributed by atoms with Gasteiger partial charge in [-0.15, -0.1) is 0 Å². The average molecular weight is 375 g/mol. The van der Waals surface area contributed by atoms with Crippen LogP contribution < -0.4 is 5.76 Å². The molecule has 26 heavy (non-hydrogen) atoms. The highest BCUT2D eigenvalue weighted by Crippen LogP contribution is 2.36. The third-order valence-electron chi connectivity index (χ3n) is 5.04. The molecule has 0 fully saturated rings. The lowest BCUT2D eigenvalue weighted by Gasteiger charge is -2.38. The van der Waals surface area contributed by atoms with Crippen LogP contribution in [0.3, 0.4) is 0 Å². The molecule has 8 heteroatoms. The molecule has 3 aromatic rings. The van der Waals surface area contributed by atoms with Crippen molar-refractivity contribution < 1.29 is 12.8 Å². The Balaban J connectivity index is 1.82. The van der Waals surface area contributed by atoms with E-state index in [0.29, 0.717) is 18.6 Å². The maximum Gasteiger partial charge on any atom is 0.419 e. The van der Waals surface area contributed by atoms with Crippen molar-refractivity contribution in [2.45, 2.75) is 31.3 Å². The van der Waals surface area contributed by atoms with Gasteiger partial charge >= 0.3 is 5.76 Å². The van der Waals surface area contributed by atoms with E-state index in [2.05, 4.69) is 4.57 Å². The van der Waals surface area contributed by atoms with Gasteiger partial charge in [-0.2, -0.15) is 4.31 Å². The number of aryl methyl sites for hydroxylation is 1. The van der Waals surface area contributed by atoms with E-state index in [-0.39, 0.29) is 22.4 Å². The van der Waals surface area contributed by atoms with Crippen molar-refractivity contribution in [2.75, 3.05) is 6.54 Å². The van der Waals surface area contributed by atoms with Gasteiger partial charge in [-0.3, -0.25) is 4.57 Å². The zero-order valence-electron chi connectivity index (χ0n) is 14.9. The Morgan fingerprint density at radius 2 is 1.96 bits per heavy atom. The van der Waals surface area contributed by atoms with Crippen molar-refractivity contribution >= 4 is 21.1 Å². The van der Waals surface area contributed by atoms with Gasteiger partial charge in [-0.25, -0.2) is 13.2 Å². The second kappa shape index (κ2) is 5.85. The van der Waals surface area contributed by atoms with Gasteiger partial charge in [0.25, 0.3) is 0 Å². The molecule has 0 saturated heterocycles. The van der Waals surface area contributed by atoms with Gasteiger partial charge in [0.2, 0.25) is 10.0 Å². The van der Waals surface area contributed by atoms with Crippen LogP contribution in [-0.4, -0.2) is 28.4 Å². The van der Waals surface area contributed by atoms with Gasteiger partial charge in [0.15, 0.2) is 5.58 Å². The summed E-state index contributed by atoms with van der Waals surface area (Å²) >= 11 is 0. The van der Waals surface area contributed by atoms with Crippen molar-refractivity contribution in [1.82, 2.24) is 13.4 Å². The molecule has 0 N–H and O–H groups in total. The van der Waals surface area contributed by atoms with Gasteiger partial charge in [0.05, 0.1) is 16.5 Å². The number of hydrogen-bond acceptors (Lipinski definition) is 4. The summed E-state index contributed by atoms with van der Waals surface area (Å²) in [6.07, 6.45) is 1.99. The van der Waals surface area contributed by atoms with E-state index in [1.165, 1.54) is 16.7 Å². The Hall–Kier alpha value is -2.32. The second-order valence-electron chi connectivity index (χ2n) is 6.99. The zero-order chi connectivity index (χ0) is 18.6. The Bertz CT molecular complexity index is 1140. The van der Waals surface area contributed by atoms with Crippen LogP contribution in [0.1, 0.15) is 25.6 Å². The molecule has 0 bridgehead atoms. The molecule has 0 aliphatic carbocycles. The highest BCUT2D eigenvalue weighted by Gasteiger charge is 2.38. The highest BCUT2D eigenvalue weighted by molar-refractivity contribution is 7.89. The van der Waals surface area contributed by atoms with Crippen molar-refractivity contribution in [3.8, 4) is 0 Å². The van der Waals surface area contributed by atoms with Gasteiger partial charge in [-0.1, -0.05) is 13.8 Å². The molecular formula is C18H21N3O4S. The first-order chi connectivity index (χ1) is 12.3. The van der Waals surface area contributed by atoms with E-state index in [1.807, 2.05) is 32.2 Å². The van der Waals surface area contributed by atoms with Crippen LogP contribution in [0.25, 0.3) is 11.1 Å². The van der Waals surface area contributed by atoms with E-state index in [9.17, 15) is 13.2 Å². The maximum atomic E-state index is 13.4. The molecule has 0 amide bonds. The summed E-state index contributed by atoms with van der Waals surface area (Å²) in [5.41, 5.74) is 1.85. The molecule has 138 valence electrons. The number of fused-ring (bicyclic) bond motifs is 2. The number of aromatic nitrogens is 2. The van der Waals surface area contributed by atoms with Crippen molar-refractivity contribution in [3.05, 3.63) is 52.8 Å². The molecule has 1 unspecified atom stereocenters. The van der Waals surface area contributed by atoms with Crippen LogP contribution in [-0.2, 0) is 23.6 Å². The normalized spacial score (nSPS) is 18.5. The van der Waals surface area contributed by atoms with Crippen LogP contribution in [0, 0.1) is 5.92 Å². The lowest BCUT2D eigenvalue weighted by atomic mass is 9.99. The quantitative estimate of drug-likeness (QED) is 0.704. The first-order valence-corrected chi connectivity index (χ1v) is 10.0. The topological polar surface area (TPSA) is 77.5 Å². The molecule has 1 aliphatic heterocycles. The van der Waals surface area contributed by atoms with Gasteiger partial charge < -0.3 is 8.98 Å². The fraction of sp³-hybridized carbons (Fsp3) is 0.389. The standard InChI is InChI=1S/C18H21N3O4S/c1-12(2)17-15-5-4-8-20(15)9-10-21(17)26(23,24)13-6-7-14-16(11-13)25-18(22)19(14)3/h4-8,11-12,17H,9-10H2,1-3H3. The maximum absolute atomic E-state index is 13.4. The minimum atomic E-state index is -3.72. The van der Waals surface area contributed by atoms with Crippen LogP contribution >= 0.6 is 0 Å². The fourth-order valence-electron chi connectivity index (χ4n) is 3.75. The summed E-state index contributed by atoms with van der Waals surface area (Å²) in [5.74, 6) is -0.387. The second-order valence-corrected chi connectivity index (χ2v) is 8.88. The SMILES string of the molecule is CC(C)C1c2cccn2CCN1S(=O)(=O)c1ccc2c(c1)oc(=O)n2C. The largest absolute Gasteiger partial charge is 0.419 e. The molecule has 0 radical (unpaired) electrons. The zero-order valence-corrected chi connectivity index (χ0v) is 15.7. The van der Waals surface area contributed by atoms with Crippen molar-refractivity contribution in [1.29, 1.82) is 0 Å². The van der Waals surface area contributed by atoms with E-state index in [4.69, 9.17) is 4.42 Å². The molecule has 1 aliphatic rings. The van der Waals surface area contributed by atoms with Crippen molar-refractivity contribution in [3.63, 3.8) is 0 Å². The Morgan fingerprint density at radius 1 is 1.19 bits per heavy atom. The van der Waals surface area contributed by atoms with E-state index < -0.39 is 15.8 Å². The Labute approximate surface area is 151 Å². The smallest absolute Gasteiger partial charge is 0.408 e. The number of hydrogen-bond donors (Lipinski definition) is 0. The third kappa shape index (κ3) is 2.44. The van der Waals surface area contributed by atoms with E-state index in [1.54, 1.807) is 17.4 Å². The number of sulfonamides is 1. The molecule has 4 rings (SSSR count). The van der Waals surface area contributed by atoms with Crippen LogP contribution in [0.2, 0.25) is 0 Å². The highest BCUT2D eigenvalue weighted by atomic mass is 32.2. The molecular weight excluding hydrogens is 354 g/mol. The summed E-state index contributed by atoms with van der Waals surface area (Å²) in [7, 11) is -2.13. The minimum Gasteiger partial charge on any atom is -0.408 e. The third-order valence-corrected chi connectivity index (χ3v) is 6.92. The molecule has 1 atom stereocenters. The predicted octanol–water partition coefficient (Wildman–Crippen LogP) is 2.33. The van der Waals surface area contributed by atoms with Gasteiger partial charge in [-0.05, 0) is 30.2 Å². The molecule has 0 spiro atoms. The number of benzene rings is 1. The summed E-state index contributed by atoms with van der Waals surface area (Å²) < 4.78 is 36.9. The predicted molar refractivity (Wildman–Crippen MR) is 97.4 cm³/mol. The van der Waals surface area contributed by atoms with Crippen LogP contribution in [0.5, 0.6) is 0 Å². The average Bonchev–Trinajstić information content (AvgIpc) is 3.18. The number of oxazole rings is 1. The van der Waals surface area contributed by atoms with E-state index >= 15 is 0 Å².